The van der Waals surface area contributed by atoms with Crippen LogP contribution in [0.4, 0.5) is 5.69 Å². The number of benzene rings is 7. The monoisotopic (exact) mass is 1430 g/mol. The SMILES string of the molecule is CCCCCCCCCCCCCCCCOc1ccc(C(=O)Oc2ccc([C@]3(C)CC[C@@](C)(c4ccc(C(=O)OCc5ccc(OC(=O)c6ccc(N7[C@](C)(c8ccc(OC(=O)c9ccc(OCCCCCCCCCCCCCCCC)cc9)cc8)CC[C@@]7(C)[O])cc6)cc5)cc4)N3[O])cc2)cc1. The molecule has 2 fully saturated rings. The van der Waals surface area contributed by atoms with Crippen molar-refractivity contribution in [1.82, 2.24) is 5.06 Å². The smallest absolute Gasteiger partial charge is 0.343 e. The van der Waals surface area contributed by atoms with E-state index in [1.165, 1.54) is 154 Å². The molecule has 0 N–H and O–H groups in total. The highest BCUT2D eigenvalue weighted by molar-refractivity contribution is 5.93. The van der Waals surface area contributed by atoms with Gasteiger partial charge in [-0.25, -0.2) is 24.3 Å². The van der Waals surface area contributed by atoms with E-state index in [2.05, 4.69) is 13.8 Å². The van der Waals surface area contributed by atoms with Crippen LogP contribution in [-0.4, -0.2) is 47.9 Å². The first-order chi connectivity index (χ1) is 50.9. The molecule has 7 aromatic carbocycles. The second-order valence-corrected chi connectivity index (χ2v) is 30.1. The molecular weight excluding hydrogens is 1310 g/mol. The fraction of sp³-hybridized carbons (Fsp3) is 0.495. The van der Waals surface area contributed by atoms with Crippen molar-refractivity contribution in [2.45, 2.75) is 276 Å². The summed E-state index contributed by atoms with van der Waals surface area (Å²) in [6.07, 6.45) is 38.7. The zero-order valence-electron chi connectivity index (χ0n) is 63.7. The first-order valence-corrected chi connectivity index (χ1v) is 39.7. The van der Waals surface area contributed by atoms with E-state index in [0.717, 1.165) is 58.9 Å². The molecule has 2 aliphatic rings. The molecule has 0 aliphatic carbocycles. The molecule has 2 heterocycles. The lowest BCUT2D eigenvalue weighted by molar-refractivity contribution is -0.260. The maximum atomic E-state index is 14.4. The van der Waals surface area contributed by atoms with Gasteiger partial charge in [0.25, 0.3) is 0 Å². The van der Waals surface area contributed by atoms with Gasteiger partial charge < -0.3 is 33.3 Å². The Hall–Kier alpha value is -8.30. The number of carbonyl (C=O) groups is 4. The van der Waals surface area contributed by atoms with Gasteiger partial charge in [-0.2, -0.15) is 0 Å². The van der Waals surface area contributed by atoms with Gasteiger partial charge in [0.15, 0.2) is 5.72 Å². The second kappa shape index (κ2) is 41.0. The molecule has 0 unspecified atom stereocenters. The van der Waals surface area contributed by atoms with E-state index in [9.17, 15) is 29.5 Å². The van der Waals surface area contributed by atoms with Gasteiger partial charge in [0.2, 0.25) is 0 Å². The lowest BCUT2D eigenvalue weighted by atomic mass is 9.89. The molecule has 9 rings (SSSR count). The maximum Gasteiger partial charge on any atom is 0.343 e. The van der Waals surface area contributed by atoms with E-state index in [1.807, 2.05) is 49.9 Å². The van der Waals surface area contributed by atoms with E-state index in [1.54, 1.807) is 153 Å². The van der Waals surface area contributed by atoms with Crippen molar-refractivity contribution in [3.05, 3.63) is 214 Å². The minimum Gasteiger partial charge on any atom is -0.494 e. The van der Waals surface area contributed by atoms with Crippen LogP contribution in [0.3, 0.4) is 0 Å². The summed E-state index contributed by atoms with van der Waals surface area (Å²) in [5, 5.41) is 29.7. The van der Waals surface area contributed by atoms with Crippen molar-refractivity contribution in [2.24, 2.45) is 0 Å². The number of ether oxygens (including phenoxy) is 6. The lowest BCUT2D eigenvalue weighted by Gasteiger charge is -2.42. The lowest BCUT2D eigenvalue weighted by Crippen LogP contribution is -2.49. The van der Waals surface area contributed by atoms with Crippen molar-refractivity contribution in [2.75, 3.05) is 18.1 Å². The summed E-state index contributed by atoms with van der Waals surface area (Å²) in [4.78, 5) is 55.1. The van der Waals surface area contributed by atoms with E-state index < -0.39 is 46.2 Å². The number of unbranched alkanes of at least 4 members (excludes halogenated alkanes) is 26. The van der Waals surface area contributed by atoms with E-state index in [-0.39, 0.29) is 6.61 Å². The van der Waals surface area contributed by atoms with Gasteiger partial charge in [0.1, 0.15) is 35.4 Å². The zero-order valence-corrected chi connectivity index (χ0v) is 63.7. The number of esters is 4. The average molecular weight is 1430 g/mol. The topological polar surface area (TPSA) is 170 Å². The highest BCUT2D eigenvalue weighted by Gasteiger charge is 2.53. The molecule has 0 bridgehead atoms. The largest absolute Gasteiger partial charge is 0.494 e. The molecular formula is C91H116N2O12. The summed E-state index contributed by atoms with van der Waals surface area (Å²) in [6, 6.07) is 49.0. The minimum atomic E-state index is -1.46. The molecule has 2 radical (unpaired) electrons. The Morgan fingerprint density at radius 2 is 0.600 bits per heavy atom. The van der Waals surface area contributed by atoms with Crippen molar-refractivity contribution < 1.29 is 57.9 Å². The number of anilines is 1. The summed E-state index contributed by atoms with van der Waals surface area (Å²) < 4.78 is 34.9. The maximum absolute atomic E-state index is 14.4. The second-order valence-electron chi connectivity index (χ2n) is 30.1. The van der Waals surface area contributed by atoms with Crippen LogP contribution < -0.4 is 28.6 Å². The highest BCUT2D eigenvalue weighted by atomic mass is 16.5. The number of carbonyl (C=O) groups excluding carboxylic acids is 4. The van der Waals surface area contributed by atoms with Gasteiger partial charge in [-0.15, -0.1) is 10.3 Å². The Morgan fingerprint density at radius 1 is 0.324 bits per heavy atom. The third kappa shape index (κ3) is 23.6. The molecule has 0 aromatic heterocycles. The summed E-state index contributed by atoms with van der Waals surface area (Å²) in [5.74, 6) is 0.432. The molecule has 14 heteroatoms. The van der Waals surface area contributed by atoms with Crippen LogP contribution >= 0.6 is 0 Å². The fourth-order valence-electron chi connectivity index (χ4n) is 15.0. The average Bonchev–Trinajstić information content (AvgIpc) is 1.61. The Kier molecular flexibility index (Phi) is 31.5. The van der Waals surface area contributed by atoms with E-state index >= 15 is 0 Å². The number of hydroxylamine groups is 2. The van der Waals surface area contributed by atoms with Gasteiger partial charge in [-0.3, -0.25) is 0 Å². The molecule has 0 saturated carbocycles. The van der Waals surface area contributed by atoms with Crippen LogP contribution in [-0.2, 0) is 38.3 Å². The number of hydrogen-bond acceptors (Lipinski definition) is 12. The van der Waals surface area contributed by atoms with E-state index in [0.29, 0.717) is 89.7 Å². The third-order valence-electron chi connectivity index (χ3n) is 21.7. The zero-order chi connectivity index (χ0) is 74.3. The molecule has 2 aliphatic heterocycles. The summed E-state index contributed by atoms with van der Waals surface area (Å²) in [5.41, 5.74) is 1.31. The third-order valence-corrected chi connectivity index (χ3v) is 21.7. The summed E-state index contributed by atoms with van der Waals surface area (Å²) >= 11 is 0. The first-order valence-electron chi connectivity index (χ1n) is 39.7. The Labute approximate surface area is 626 Å². The van der Waals surface area contributed by atoms with Crippen LogP contribution in [0.2, 0.25) is 0 Å². The molecule has 4 atom stereocenters. The standard InChI is InChI=1S/C91H116N2O12/c1-7-9-11-13-15-17-19-21-23-25-27-29-31-33-67-100-79-55-41-73(42-56-79)86(96)104-82-59-47-75(48-60-82)88(3)65-66-91(6,98)92(88)78-51-39-72(40-52-78)85(95)103-81-53-35-70(36-54-81)69-102-84(94)71-37-45-76(46-38-71)89(4)63-64-90(5,93(89)99)77-49-61-83(62-50-77)105-87(97)74-43-57-80(58-44-74)101-68-34-32-30-28-26-24-22-20-18-16-14-12-10-8-2/h35-62H,7-34,63-69H2,1-6H3/t88-,89-,90-,91+/m0/s1. The molecule has 105 heavy (non-hydrogen) atoms. The van der Waals surface area contributed by atoms with Crippen molar-refractivity contribution in [3.63, 3.8) is 0 Å². The van der Waals surface area contributed by atoms with Crippen LogP contribution in [0.5, 0.6) is 28.7 Å². The highest BCUT2D eigenvalue weighted by Crippen LogP contribution is 2.52. The van der Waals surface area contributed by atoms with Crippen molar-refractivity contribution in [3.8, 4) is 28.7 Å². The first kappa shape index (κ1) is 80.8. The molecule has 0 amide bonds. The quantitative estimate of drug-likeness (QED) is 0.0201. The molecule has 2 saturated heterocycles. The van der Waals surface area contributed by atoms with Crippen molar-refractivity contribution in [1.29, 1.82) is 0 Å². The van der Waals surface area contributed by atoms with E-state index in [4.69, 9.17) is 28.4 Å². The van der Waals surface area contributed by atoms with Crippen LogP contribution in [0, 0.1) is 0 Å². The Balaban J connectivity index is 0.661. The molecule has 562 valence electrons. The Morgan fingerprint density at radius 3 is 0.962 bits per heavy atom. The van der Waals surface area contributed by atoms with Crippen LogP contribution in [0.25, 0.3) is 0 Å². The van der Waals surface area contributed by atoms with Crippen LogP contribution in [0.1, 0.15) is 311 Å². The normalized spacial score (nSPS) is 18.6. The van der Waals surface area contributed by atoms with Crippen LogP contribution in [0.15, 0.2) is 170 Å². The predicted octanol–water partition coefficient (Wildman–Crippen LogP) is 23.7. The summed E-state index contributed by atoms with van der Waals surface area (Å²) in [6.45, 7) is 13.3. The van der Waals surface area contributed by atoms with Gasteiger partial charge >= 0.3 is 23.9 Å². The molecule has 14 nitrogen and oxygen atoms in total. The number of rotatable bonds is 45. The van der Waals surface area contributed by atoms with Gasteiger partial charge in [0.05, 0.1) is 52.1 Å². The number of nitrogens with zero attached hydrogens (tertiary/aromatic N) is 2. The summed E-state index contributed by atoms with van der Waals surface area (Å²) in [7, 11) is 0. The minimum absolute atomic E-state index is 0.0302. The molecule has 0 spiro atoms. The predicted molar refractivity (Wildman–Crippen MR) is 415 cm³/mol. The van der Waals surface area contributed by atoms with Gasteiger partial charge in [-0.05, 0) is 203 Å². The number of hydrogen-bond donors (Lipinski definition) is 0. The van der Waals surface area contributed by atoms with Crippen molar-refractivity contribution >= 4 is 29.6 Å². The van der Waals surface area contributed by atoms with Gasteiger partial charge in [0, 0.05) is 12.1 Å². The fourth-order valence-corrected chi connectivity index (χ4v) is 15.0. The molecule has 7 aromatic rings. The Bertz CT molecular complexity index is 3750. The van der Waals surface area contributed by atoms with Gasteiger partial charge in [-0.1, -0.05) is 229 Å².